The minimum absolute atomic E-state index is 0.0519. The number of nitriles is 1. The van der Waals surface area contributed by atoms with Crippen LogP contribution in [0.4, 0.5) is 9.80 Å². The fourth-order valence-electron chi connectivity index (χ4n) is 3.01. The first kappa shape index (κ1) is 16.3. The van der Waals surface area contributed by atoms with Gasteiger partial charge in [0.15, 0.2) is 0 Å². The van der Waals surface area contributed by atoms with Crippen LogP contribution in [-0.4, -0.2) is 34.9 Å². The van der Waals surface area contributed by atoms with Crippen LogP contribution in [-0.2, 0) is 17.6 Å². The Balaban J connectivity index is 1.64. The first-order valence-corrected chi connectivity index (χ1v) is 9.65. The van der Waals surface area contributed by atoms with Gasteiger partial charge >= 0.3 is 0 Å². The smallest absolute Gasteiger partial charge is 0.281 e. The van der Waals surface area contributed by atoms with Gasteiger partial charge in [-0.2, -0.15) is 5.26 Å². The van der Waals surface area contributed by atoms with E-state index in [2.05, 4.69) is 18.3 Å². The second-order valence-electron chi connectivity index (χ2n) is 6.07. The third-order valence-corrected chi connectivity index (χ3v) is 6.39. The lowest BCUT2D eigenvalue weighted by atomic mass is 9.89. The molecule has 1 aliphatic heterocycles. The predicted molar refractivity (Wildman–Crippen MR) is 92.9 cm³/mol. The molecule has 0 aromatic carbocycles. The molecule has 1 saturated heterocycles. The Hall–Kier alpha value is -1.52. The lowest BCUT2D eigenvalue weighted by Gasteiger charge is -2.17. The van der Waals surface area contributed by atoms with Gasteiger partial charge in [0.1, 0.15) is 11.1 Å². The Labute approximate surface area is 144 Å². The minimum atomic E-state index is -0.127. The van der Waals surface area contributed by atoms with Crippen LogP contribution < -0.4 is 5.32 Å². The molecule has 1 aromatic heterocycles. The Morgan fingerprint density at radius 2 is 2.35 bits per heavy atom. The third-order valence-electron chi connectivity index (χ3n) is 4.33. The maximum Gasteiger partial charge on any atom is 0.281 e. The quantitative estimate of drug-likeness (QED) is 0.905. The minimum Gasteiger partial charge on any atom is -0.332 e. The Bertz CT molecular complexity index is 678. The largest absolute Gasteiger partial charge is 0.332 e. The zero-order chi connectivity index (χ0) is 16.4. The summed E-state index contributed by atoms with van der Waals surface area (Å²) >= 11 is 2.84. The number of hydrogen-bond donors (Lipinski definition) is 1. The molecular weight excluding hydrogens is 330 g/mol. The number of thioether (sulfide) groups is 1. The molecule has 1 atom stereocenters. The van der Waals surface area contributed by atoms with Gasteiger partial charge in [0, 0.05) is 30.1 Å². The first-order valence-electron chi connectivity index (χ1n) is 7.84. The molecular formula is C16H19N3O2S2. The zero-order valence-electron chi connectivity index (χ0n) is 13.1. The second-order valence-corrected chi connectivity index (χ2v) is 8.22. The molecule has 122 valence electrons. The molecule has 2 heterocycles. The van der Waals surface area contributed by atoms with Crippen molar-refractivity contribution >= 4 is 39.2 Å². The summed E-state index contributed by atoms with van der Waals surface area (Å²) in [4.78, 5) is 26.6. The summed E-state index contributed by atoms with van der Waals surface area (Å²) in [6.07, 6.45) is 3.28. The van der Waals surface area contributed by atoms with Gasteiger partial charge in [0.25, 0.3) is 5.24 Å². The number of rotatable bonds is 4. The number of thiophene rings is 1. The molecule has 2 amide bonds. The molecule has 0 saturated carbocycles. The van der Waals surface area contributed by atoms with Crippen molar-refractivity contribution < 1.29 is 9.59 Å². The Morgan fingerprint density at radius 3 is 3.04 bits per heavy atom. The lowest BCUT2D eigenvalue weighted by Crippen LogP contribution is -2.27. The third kappa shape index (κ3) is 3.54. The molecule has 1 aromatic rings. The molecule has 1 fully saturated rings. The molecule has 0 bridgehead atoms. The monoisotopic (exact) mass is 349 g/mol. The summed E-state index contributed by atoms with van der Waals surface area (Å²) in [5, 5.41) is 13.0. The highest BCUT2D eigenvalue weighted by Crippen LogP contribution is 2.39. The second kappa shape index (κ2) is 6.93. The van der Waals surface area contributed by atoms with E-state index < -0.39 is 0 Å². The number of nitrogens with one attached hydrogen (secondary N) is 1. The summed E-state index contributed by atoms with van der Waals surface area (Å²) in [6, 6.07) is 2.26. The van der Waals surface area contributed by atoms with Crippen LogP contribution in [0.5, 0.6) is 0 Å². The van der Waals surface area contributed by atoms with Crippen molar-refractivity contribution in [3.8, 4) is 6.07 Å². The fraction of sp³-hybridized carbons (Fsp3) is 0.562. The highest BCUT2D eigenvalue weighted by Gasteiger charge is 2.25. The number of carbonyl (C=O) groups excluding carboxylic acids is 2. The van der Waals surface area contributed by atoms with Crippen LogP contribution in [0.3, 0.4) is 0 Å². The van der Waals surface area contributed by atoms with E-state index in [-0.39, 0.29) is 17.6 Å². The maximum absolute atomic E-state index is 12.2. The van der Waals surface area contributed by atoms with Crippen molar-refractivity contribution in [2.45, 2.75) is 32.6 Å². The van der Waals surface area contributed by atoms with E-state index >= 15 is 0 Å². The number of carbonyl (C=O) groups is 2. The molecule has 1 N–H and O–H groups in total. The van der Waals surface area contributed by atoms with Crippen molar-refractivity contribution in [3.05, 3.63) is 16.0 Å². The van der Waals surface area contributed by atoms with Crippen LogP contribution >= 0.6 is 23.1 Å². The van der Waals surface area contributed by atoms with Crippen LogP contribution in [0.2, 0.25) is 0 Å². The van der Waals surface area contributed by atoms with Crippen molar-refractivity contribution in [1.82, 2.24) is 4.90 Å². The van der Waals surface area contributed by atoms with Gasteiger partial charge in [0.2, 0.25) is 5.91 Å². The van der Waals surface area contributed by atoms with Gasteiger partial charge < -0.3 is 10.2 Å². The number of amides is 2. The van der Waals surface area contributed by atoms with Gasteiger partial charge in [-0.25, -0.2) is 0 Å². The number of anilines is 1. The van der Waals surface area contributed by atoms with E-state index in [1.165, 1.54) is 28.0 Å². The maximum atomic E-state index is 12.2. The van der Waals surface area contributed by atoms with Gasteiger partial charge in [-0.05, 0) is 30.7 Å². The molecule has 5 nitrogen and oxygen atoms in total. The van der Waals surface area contributed by atoms with E-state index in [0.717, 1.165) is 30.6 Å². The van der Waals surface area contributed by atoms with Crippen molar-refractivity contribution in [3.63, 3.8) is 0 Å². The fourth-order valence-corrected chi connectivity index (χ4v) is 5.24. The van der Waals surface area contributed by atoms with Crippen LogP contribution in [0, 0.1) is 17.2 Å². The molecule has 2 aliphatic rings. The van der Waals surface area contributed by atoms with E-state index in [9.17, 15) is 14.9 Å². The molecule has 0 spiro atoms. The van der Waals surface area contributed by atoms with Gasteiger partial charge in [-0.3, -0.25) is 9.59 Å². The van der Waals surface area contributed by atoms with Gasteiger partial charge in [-0.15, -0.1) is 11.3 Å². The van der Waals surface area contributed by atoms with Crippen molar-refractivity contribution in [1.29, 1.82) is 5.26 Å². The lowest BCUT2D eigenvalue weighted by molar-refractivity contribution is -0.116. The standard InChI is InChI=1S/C16H19N3O2S2/c1-10-2-3-11-12(9-17)15(23-13(11)8-10)18-14(20)4-5-19-6-7-22-16(19)21/h10H,2-8H2,1H3,(H,18,20)/t10-/m1/s1. The predicted octanol–water partition coefficient (Wildman–Crippen LogP) is 3.24. The van der Waals surface area contributed by atoms with E-state index in [1.807, 2.05) is 0 Å². The van der Waals surface area contributed by atoms with E-state index in [0.29, 0.717) is 29.6 Å². The Kier molecular flexibility index (Phi) is 4.93. The van der Waals surface area contributed by atoms with Crippen molar-refractivity contribution in [2.75, 3.05) is 24.2 Å². The topological polar surface area (TPSA) is 73.2 Å². The SMILES string of the molecule is C[C@@H]1CCc2c(sc(NC(=O)CCN3CCSC3=O)c2C#N)C1. The van der Waals surface area contributed by atoms with Crippen LogP contribution in [0.1, 0.15) is 35.8 Å². The molecule has 0 unspecified atom stereocenters. The molecule has 0 radical (unpaired) electrons. The van der Waals surface area contributed by atoms with Crippen LogP contribution in [0.25, 0.3) is 0 Å². The molecule has 23 heavy (non-hydrogen) atoms. The average Bonchev–Trinajstić information content (AvgIpc) is 3.07. The highest BCUT2D eigenvalue weighted by atomic mass is 32.2. The normalized spacial score (nSPS) is 20.3. The molecule has 1 aliphatic carbocycles. The summed E-state index contributed by atoms with van der Waals surface area (Å²) in [5.74, 6) is 1.31. The van der Waals surface area contributed by atoms with Gasteiger partial charge in [-0.1, -0.05) is 18.7 Å². The number of fused-ring (bicyclic) bond motifs is 1. The number of nitrogens with zero attached hydrogens (tertiary/aromatic N) is 2. The molecule has 3 rings (SSSR count). The zero-order valence-corrected chi connectivity index (χ0v) is 14.7. The summed E-state index contributed by atoms with van der Waals surface area (Å²) in [7, 11) is 0. The summed E-state index contributed by atoms with van der Waals surface area (Å²) in [5.41, 5.74) is 1.76. The summed E-state index contributed by atoms with van der Waals surface area (Å²) < 4.78 is 0. The van der Waals surface area contributed by atoms with E-state index in [1.54, 1.807) is 4.90 Å². The number of hydrogen-bond acceptors (Lipinski definition) is 5. The summed E-state index contributed by atoms with van der Waals surface area (Å²) in [6.45, 7) is 3.38. The van der Waals surface area contributed by atoms with Crippen LogP contribution in [0.15, 0.2) is 0 Å². The first-order chi connectivity index (χ1) is 11.1. The molecule has 7 heteroatoms. The van der Waals surface area contributed by atoms with Gasteiger partial charge in [0.05, 0.1) is 5.56 Å². The Morgan fingerprint density at radius 1 is 1.52 bits per heavy atom. The van der Waals surface area contributed by atoms with E-state index in [4.69, 9.17) is 0 Å². The van der Waals surface area contributed by atoms with Crippen molar-refractivity contribution in [2.24, 2.45) is 5.92 Å². The highest BCUT2D eigenvalue weighted by molar-refractivity contribution is 8.13. The average molecular weight is 349 g/mol.